The van der Waals surface area contributed by atoms with Crippen LogP contribution >= 0.6 is 22.9 Å². The first kappa shape index (κ1) is 22.7. The van der Waals surface area contributed by atoms with Gasteiger partial charge in [0.1, 0.15) is 17.3 Å². The molecule has 32 heavy (non-hydrogen) atoms. The SMILES string of the molecule is Cc1nc(COc2cccc(C(=O)Nc3ccc(Cl)c(S(=O)(=O)N4CCCC4)c3)c2)cs1. The second kappa shape index (κ2) is 9.58. The second-order valence-corrected chi connectivity index (χ2v) is 10.8. The maximum atomic E-state index is 12.9. The van der Waals surface area contributed by atoms with Crippen molar-refractivity contribution >= 4 is 44.6 Å². The standard InChI is InChI=1S/C22H22ClN3O4S2/c1-15-24-18(14-31-15)13-30-19-6-4-5-16(11-19)22(27)25-17-7-8-20(23)21(12-17)32(28,29)26-9-2-3-10-26/h4-8,11-12,14H,2-3,9-10,13H2,1H3,(H,25,27). The van der Waals surface area contributed by atoms with Gasteiger partial charge in [-0.15, -0.1) is 11.3 Å². The average Bonchev–Trinajstić information content (AvgIpc) is 3.46. The summed E-state index contributed by atoms with van der Waals surface area (Å²) in [6.45, 7) is 3.19. The Morgan fingerprint density at radius 3 is 2.72 bits per heavy atom. The van der Waals surface area contributed by atoms with Gasteiger partial charge in [-0.1, -0.05) is 17.7 Å². The average molecular weight is 492 g/mol. The highest BCUT2D eigenvalue weighted by Crippen LogP contribution is 2.30. The number of nitrogens with zero attached hydrogens (tertiary/aromatic N) is 2. The molecule has 1 aliphatic heterocycles. The molecular formula is C22H22ClN3O4S2. The van der Waals surface area contributed by atoms with E-state index < -0.39 is 10.0 Å². The minimum absolute atomic E-state index is 0.00509. The van der Waals surface area contributed by atoms with E-state index in [1.54, 1.807) is 41.7 Å². The second-order valence-electron chi connectivity index (χ2n) is 7.38. The molecule has 168 valence electrons. The van der Waals surface area contributed by atoms with Crippen LogP contribution in [0.1, 0.15) is 33.9 Å². The first-order valence-electron chi connectivity index (χ1n) is 10.1. The number of hydrogen-bond acceptors (Lipinski definition) is 6. The number of rotatable bonds is 7. The van der Waals surface area contributed by atoms with E-state index in [1.807, 2.05) is 12.3 Å². The highest BCUT2D eigenvalue weighted by Gasteiger charge is 2.29. The summed E-state index contributed by atoms with van der Waals surface area (Å²) >= 11 is 7.73. The fraction of sp³-hybridized carbons (Fsp3) is 0.273. The van der Waals surface area contributed by atoms with E-state index in [4.69, 9.17) is 16.3 Å². The molecule has 0 radical (unpaired) electrons. The van der Waals surface area contributed by atoms with E-state index in [0.717, 1.165) is 23.5 Å². The van der Waals surface area contributed by atoms with E-state index >= 15 is 0 Å². The lowest BCUT2D eigenvalue weighted by atomic mass is 10.2. The molecule has 0 spiro atoms. The summed E-state index contributed by atoms with van der Waals surface area (Å²) in [5, 5.41) is 5.77. The largest absolute Gasteiger partial charge is 0.487 e. The Kier molecular flexibility index (Phi) is 6.80. The van der Waals surface area contributed by atoms with Crippen LogP contribution in [0.25, 0.3) is 0 Å². The van der Waals surface area contributed by atoms with Gasteiger partial charge in [-0.05, 0) is 56.2 Å². The van der Waals surface area contributed by atoms with Crippen LogP contribution in [0.15, 0.2) is 52.7 Å². The number of carbonyl (C=O) groups is 1. The Balaban J connectivity index is 1.48. The van der Waals surface area contributed by atoms with Crippen molar-refractivity contribution in [2.75, 3.05) is 18.4 Å². The zero-order valence-electron chi connectivity index (χ0n) is 17.4. The van der Waals surface area contributed by atoms with Gasteiger partial charge in [0, 0.05) is 29.7 Å². The summed E-state index contributed by atoms with van der Waals surface area (Å²) in [4.78, 5) is 17.1. The Labute approximate surface area is 196 Å². The van der Waals surface area contributed by atoms with E-state index in [0.29, 0.717) is 36.7 Å². The minimum atomic E-state index is -3.71. The highest BCUT2D eigenvalue weighted by molar-refractivity contribution is 7.89. The third kappa shape index (κ3) is 5.12. The predicted octanol–water partition coefficient (Wildman–Crippen LogP) is 4.72. The number of aromatic nitrogens is 1. The molecule has 2 heterocycles. The molecule has 0 atom stereocenters. The van der Waals surface area contributed by atoms with E-state index in [9.17, 15) is 13.2 Å². The van der Waals surface area contributed by atoms with Crippen molar-refractivity contribution in [1.29, 1.82) is 0 Å². The fourth-order valence-electron chi connectivity index (χ4n) is 3.41. The maximum Gasteiger partial charge on any atom is 0.255 e. The Morgan fingerprint density at radius 1 is 1.22 bits per heavy atom. The number of anilines is 1. The fourth-order valence-corrected chi connectivity index (χ4v) is 6.02. The van der Waals surface area contributed by atoms with Crippen molar-refractivity contribution in [1.82, 2.24) is 9.29 Å². The zero-order valence-corrected chi connectivity index (χ0v) is 19.8. The smallest absolute Gasteiger partial charge is 0.255 e. The lowest BCUT2D eigenvalue weighted by Crippen LogP contribution is -2.28. The monoisotopic (exact) mass is 491 g/mol. The number of ether oxygens (including phenoxy) is 1. The summed E-state index contributed by atoms with van der Waals surface area (Å²) in [6, 6.07) is 11.2. The molecule has 1 amide bonds. The van der Waals surface area contributed by atoms with Gasteiger partial charge in [-0.2, -0.15) is 4.31 Å². The van der Waals surface area contributed by atoms with Crippen LogP contribution in [0.5, 0.6) is 5.75 Å². The maximum absolute atomic E-state index is 12.9. The molecule has 0 saturated carbocycles. The molecule has 0 bridgehead atoms. The molecule has 0 unspecified atom stereocenters. The molecule has 7 nitrogen and oxygen atoms in total. The third-order valence-corrected chi connectivity index (χ3v) is 8.22. The van der Waals surface area contributed by atoms with Crippen molar-refractivity contribution in [2.24, 2.45) is 0 Å². The van der Waals surface area contributed by atoms with Gasteiger partial charge in [-0.25, -0.2) is 13.4 Å². The molecule has 1 saturated heterocycles. The number of amides is 1. The van der Waals surface area contributed by atoms with Crippen LogP contribution in [0.2, 0.25) is 5.02 Å². The Hall–Kier alpha value is -2.46. The van der Waals surface area contributed by atoms with Crippen molar-refractivity contribution in [2.45, 2.75) is 31.3 Å². The van der Waals surface area contributed by atoms with Gasteiger partial charge >= 0.3 is 0 Å². The Morgan fingerprint density at radius 2 is 2.00 bits per heavy atom. The van der Waals surface area contributed by atoms with Crippen LogP contribution in [0.4, 0.5) is 5.69 Å². The number of thiazole rings is 1. The summed E-state index contributed by atoms with van der Waals surface area (Å²) in [7, 11) is -3.71. The van der Waals surface area contributed by atoms with E-state index in [-0.39, 0.29) is 15.8 Å². The molecule has 4 rings (SSSR count). The molecule has 1 fully saturated rings. The van der Waals surface area contributed by atoms with Crippen LogP contribution < -0.4 is 10.1 Å². The molecule has 1 aromatic heterocycles. The predicted molar refractivity (Wildman–Crippen MR) is 125 cm³/mol. The number of carbonyl (C=O) groups excluding carboxylic acids is 1. The van der Waals surface area contributed by atoms with Gasteiger partial charge in [0.25, 0.3) is 5.91 Å². The van der Waals surface area contributed by atoms with Gasteiger partial charge < -0.3 is 10.1 Å². The van der Waals surface area contributed by atoms with Gasteiger partial charge in [0.05, 0.1) is 15.7 Å². The van der Waals surface area contributed by atoms with Gasteiger partial charge in [-0.3, -0.25) is 4.79 Å². The van der Waals surface area contributed by atoms with Gasteiger partial charge in [0.2, 0.25) is 10.0 Å². The number of halogens is 1. The molecule has 3 aromatic rings. The number of benzene rings is 2. The summed E-state index contributed by atoms with van der Waals surface area (Å²) in [5.74, 6) is 0.156. The molecule has 2 aromatic carbocycles. The lowest BCUT2D eigenvalue weighted by Gasteiger charge is -2.17. The molecular weight excluding hydrogens is 470 g/mol. The van der Waals surface area contributed by atoms with E-state index in [2.05, 4.69) is 10.3 Å². The lowest BCUT2D eigenvalue weighted by molar-refractivity contribution is 0.102. The van der Waals surface area contributed by atoms with Crippen LogP contribution in [0.3, 0.4) is 0 Å². The molecule has 1 aliphatic rings. The molecule has 1 N–H and O–H groups in total. The molecule has 10 heteroatoms. The normalized spacial score (nSPS) is 14.4. The van der Waals surface area contributed by atoms with Crippen LogP contribution in [-0.2, 0) is 16.6 Å². The van der Waals surface area contributed by atoms with Crippen molar-refractivity contribution < 1.29 is 17.9 Å². The van der Waals surface area contributed by atoms with Gasteiger partial charge in [0.15, 0.2) is 0 Å². The van der Waals surface area contributed by atoms with E-state index in [1.165, 1.54) is 16.4 Å². The molecule has 0 aliphatic carbocycles. The summed E-state index contributed by atoms with van der Waals surface area (Å²) in [6.07, 6.45) is 1.65. The van der Waals surface area contributed by atoms with Crippen molar-refractivity contribution in [3.63, 3.8) is 0 Å². The topological polar surface area (TPSA) is 88.6 Å². The first-order chi connectivity index (χ1) is 15.3. The minimum Gasteiger partial charge on any atom is -0.487 e. The third-order valence-electron chi connectivity index (χ3n) is 5.02. The van der Waals surface area contributed by atoms with Crippen molar-refractivity contribution in [3.05, 3.63) is 69.1 Å². The summed E-state index contributed by atoms with van der Waals surface area (Å²) in [5.41, 5.74) is 1.56. The Bertz CT molecular complexity index is 1240. The highest BCUT2D eigenvalue weighted by atomic mass is 35.5. The van der Waals surface area contributed by atoms with Crippen LogP contribution in [-0.4, -0.2) is 36.7 Å². The number of nitrogens with one attached hydrogen (secondary N) is 1. The number of aryl methyl sites for hydroxylation is 1. The number of sulfonamides is 1. The quantitative estimate of drug-likeness (QED) is 0.516. The number of hydrogen-bond donors (Lipinski definition) is 1. The van der Waals surface area contributed by atoms with Crippen molar-refractivity contribution in [3.8, 4) is 5.75 Å². The van der Waals surface area contributed by atoms with Crippen LogP contribution in [0, 0.1) is 6.92 Å². The first-order valence-corrected chi connectivity index (χ1v) is 12.8. The summed E-state index contributed by atoms with van der Waals surface area (Å²) < 4.78 is 33.0. The zero-order chi connectivity index (χ0) is 22.7.